The van der Waals surface area contributed by atoms with E-state index < -0.39 is 0 Å². The van der Waals surface area contributed by atoms with Crippen LogP contribution in [0, 0.1) is 6.92 Å². The highest BCUT2D eigenvalue weighted by molar-refractivity contribution is 5.63. The summed E-state index contributed by atoms with van der Waals surface area (Å²) in [6.45, 7) is 2.38. The Balaban J connectivity index is 2.49. The Morgan fingerprint density at radius 2 is 2.00 bits per heavy atom. The van der Waals surface area contributed by atoms with Crippen LogP contribution in [0.1, 0.15) is 11.3 Å². The molecule has 1 heterocycles. The van der Waals surface area contributed by atoms with E-state index in [1.165, 1.54) is 0 Å². The van der Waals surface area contributed by atoms with Crippen molar-refractivity contribution in [2.75, 3.05) is 7.11 Å². The van der Waals surface area contributed by atoms with E-state index in [9.17, 15) is 0 Å². The van der Waals surface area contributed by atoms with Gasteiger partial charge in [-0.2, -0.15) is 0 Å². The van der Waals surface area contributed by atoms with Crippen molar-refractivity contribution in [2.24, 2.45) is 5.73 Å². The van der Waals surface area contributed by atoms with Gasteiger partial charge in [0.05, 0.1) is 18.5 Å². The molecule has 2 rings (SSSR count). The maximum absolute atomic E-state index is 5.65. The first-order valence-electron chi connectivity index (χ1n) is 5.41. The summed E-state index contributed by atoms with van der Waals surface area (Å²) in [5, 5.41) is 0. The number of benzene rings is 1. The Morgan fingerprint density at radius 3 is 2.65 bits per heavy atom. The third-order valence-electron chi connectivity index (χ3n) is 2.64. The van der Waals surface area contributed by atoms with Gasteiger partial charge in [-0.15, -0.1) is 0 Å². The van der Waals surface area contributed by atoms with E-state index in [4.69, 9.17) is 10.5 Å². The topological polar surface area (TPSA) is 61.0 Å². The number of ether oxygens (including phenoxy) is 1. The van der Waals surface area contributed by atoms with Gasteiger partial charge in [0.15, 0.2) is 0 Å². The molecule has 0 atom stereocenters. The molecular weight excluding hydrogens is 214 g/mol. The second kappa shape index (κ2) is 4.93. The Hall–Kier alpha value is -1.94. The number of aromatic nitrogens is 2. The maximum atomic E-state index is 5.65. The van der Waals surface area contributed by atoms with Crippen molar-refractivity contribution in [3.8, 4) is 17.0 Å². The summed E-state index contributed by atoms with van der Waals surface area (Å²) >= 11 is 0. The first kappa shape index (κ1) is 11.5. The van der Waals surface area contributed by atoms with Crippen LogP contribution in [0.2, 0.25) is 0 Å². The van der Waals surface area contributed by atoms with Crippen LogP contribution < -0.4 is 10.5 Å². The fourth-order valence-corrected chi connectivity index (χ4v) is 1.78. The summed E-state index contributed by atoms with van der Waals surface area (Å²) < 4.78 is 5.23. The van der Waals surface area contributed by atoms with Gasteiger partial charge in [0, 0.05) is 24.5 Å². The lowest BCUT2D eigenvalue weighted by atomic mass is 10.1. The van der Waals surface area contributed by atoms with Crippen LogP contribution in [-0.2, 0) is 6.54 Å². The second-order valence-corrected chi connectivity index (χ2v) is 3.74. The zero-order valence-corrected chi connectivity index (χ0v) is 9.97. The van der Waals surface area contributed by atoms with Gasteiger partial charge in [0.25, 0.3) is 0 Å². The van der Waals surface area contributed by atoms with Crippen molar-refractivity contribution in [3.05, 3.63) is 41.9 Å². The molecule has 0 fully saturated rings. The number of aryl methyl sites for hydroxylation is 1. The minimum atomic E-state index is 0.383. The molecule has 1 aromatic heterocycles. The number of nitrogens with two attached hydrogens (primary N) is 1. The quantitative estimate of drug-likeness (QED) is 0.873. The molecule has 0 spiro atoms. The van der Waals surface area contributed by atoms with E-state index in [0.717, 1.165) is 28.3 Å². The number of nitrogens with zero attached hydrogens (tertiary/aromatic N) is 2. The number of hydrogen-bond acceptors (Lipinski definition) is 4. The van der Waals surface area contributed by atoms with E-state index in [-0.39, 0.29) is 0 Å². The van der Waals surface area contributed by atoms with Gasteiger partial charge in [0.1, 0.15) is 5.75 Å². The van der Waals surface area contributed by atoms with Crippen molar-refractivity contribution >= 4 is 0 Å². The standard InChI is InChI=1S/C13H15N3O/c1-9-7-10(3-4-12(9)17-2)13-11(8-14)15-5-6-16-13/h3-7H,8,14H2,1-2H3. The number of methoxy groups -OCH3 is 1. The van der Waals surface area contributed by atoms with E-state index in [0.29, 0.717) is 6.54 Å². The van der Waals surface area contributed by atoms with E-state index in [1.54, 1.807) is 19.5 Å². The van der Waals surface area contributed by atoms with Crippen molar-refractivity contribution < 1.29 is 4.74 Å². The average Bonchev–Trinajstić information content (AvgIpc) is 2.38. The van der Waals surface area contributed by atoms with Crippen LogP contribution in [0.15, 0.2) is 30.6 Å². The van der Waals surface area contributed by atoms with E-state index >= 15 is 0 Å². The Labute approximate surface area is 100 Å². The van der Waals surface area contributed by atoms with Crippen LogP contribution in [0.5, 0.6) is 5.75 Å². The zero-order valence-electron chi connectivity index (χ0n) is 9.97. The molecule has 0 radical (unpaired) electrons. The molecule has 0 amide bonds. The van der Waals surface area contributed by atoms with Gasteiger partial charge in [-0.25, -0.2) is 0 Å². The second-order valence-electron chi connectivity index (χ2n) is 3.74. The Morgan fingerprint density at radius 1 is 1.24 bits per heavy atom. The molecule has 4 nitrogen and oxygen atoms in total. The molecule has 4 heteroatoms. The summed E-state index contributed by atoms with van der Waals surface area (Å²) in [5.74, 6) is 0.868. The third kappa shape index (κ3) is 2.26. The van der Waals surface area contributed by atoms with Crippen LogP contribution >= 0.6 is 0 Å². The van der Waals surface area contributed by atoms with Crippen LogP contribution in [0.25, 0.3) is 11.3 Å². The van der Waals surface area contributed by atoms with Gasteiger partial charge in [-0.1, -0.05) is 0 Å². The van der Waals surface area contributed by atoms with Crippen molar-refractivity contribution in [1.29, 1.82) is 0 Å². The molecule has 0 aliphatic carbocycles. The normalized spacial score (nSPS) is 10.3. The summed E-state index contributed by atoms with van der Waals surface area (Å²) in [4.78, 5) is 8.56. The molecule has 0 aliphatic heterocycles. The minimum absolute atomic E-state index is 0.383. The fraction of sp³-hybridized carbons (Fsp3) is 0.231. The monoisotopic (exact) mass is 229 g/mol. The summed E-state index contributed by atoms with van der Waals surface area (Å²) in [6, 6.07) is 5.93. The lowest BCUT2D eigenvalue weighted by Gasteiger charge is -2.09. The maximum Gasteiger partial charge on any atom is 0.121 e. The van der Waals surface area contributed by atoms with Crippen LogP contribution in [-0.4, -0.2) is 17.1 Å². The van der Waals surface area contributed by atoms with Gasteiger partial charge in [0.2, 0.25) is 0 Å². The molecule has 0 saturated heterocycles. The molecule has 17 heavy (non-hydrogen) atoms. The van der Waals surface area contributed by atoms with E-state index in [1.807, 2.05) is 25.1 Å². The molecule has 0 unspecified atom stereocenters. The van der Waals surface area contributed by atoms with Crippen LogP contribution in [0.3, 0.4) is 0 Å². The Kier molecular flexibility index (Phi) is 3.35. The van der Waals surface area contributed by atoms with Gasteiger partial charge in [-0.3, -0.25) is 9.97 Å². The lowest BCUT2D eigenvalue weighted by Crippen LogP contribution is -2.03. The highest BCUT2D eigenvalue weighted by Crippen LogP contribution is 2.25. The first-order chi connectivity index (χ1) is 8.26. The summed E-state index contributed by atoms with van der Waals surface area (Å²) in [7, 11) is 1.66. The highest BCUT2D eigenvalue weighted by Gasteiger charge is 2.08. The molecular formula is C13H15N3O. The van der Waals surface area contributed by atoms with Crippen LogP contribution in [0.4, 0.5) is 0 Å². The Bertz CT molecular complexity index is 526. The summed E-state index contributed by atoms with van der Waals surface area (Å²) in [5.41, 5.74) is 9.37. The smallest absolute Gasteiger partial charge is 0.121 e. The fourth-order valence-electron chi connectivity index (χ4n) is 1.78. The first-order valence-corrected chi connectivity index (χ1v) is 5.41. The predicted octanol–water partition coefficient (Wildman–Crippen LogP) is 1.92. The van der Waals surface area contributed by atoms with Gasteiger partial charge >= 0.3 is 0 Å². The van der Waals surface area contributed by atoms with Gasteiger partial charge < -0.3 is 10.5 Å². The molecule has 0 bridgehead atoms. The summed E-state index contributed by atoms with van der Waals surface area (Å²) in [6.07, 6.45) is 3.33. The van der Waals surface area contributed by atoms with Gasteiger partial charge in [-0.05, 0) is 30.7 Å². The number of rotatable bonds is 3. The van der Waals surface area contributed by atoms with E-state index in [2.05, 4.69) is 9.97 Å². The molecule has 88 valence electrons. The minimum Gasteiger partial charge on any atom is -0.496 e. The zero-order chi connectivity index (χ0) is 12.3. The number of hydrogen-bond donors (Lipinski definition) is 1. The predicted molar refractivity (Wildman–Crippen MR) is 66.6 cm³/mol. The largest absolute Gasteiger partial charge is 0.496 e. The molecule has 1 aromatic carbocycles. The molecule has 2 N–H and O–H groups in total. The van der Waals surface area contributed by atoms with Crippen molar-refractivity contribution in [1.82, 2.24) is 9.97 Å². The van der Waals surface area contributed by atoms with Crippen molar-refractivity contribution in [2.45, 2.75) is 13.5 Å². The average molecular weight is 229 g/mol. The van der Waals surface area contributed by atoms with Crippen molar-refractivity contribution in [3.63, 3.8) is 0 Å². The lowest BCUT2D eigenvalue weighted by molar-refractivity contribution is 0.412. The molecule has 0 saturated carbocycles. The molecule has 2 aromatic rings. The SMILES string of the molecule is COc1ccc(-c2nccnc2CN)cc1C. The third-order valence-corrected chi connectivity index (χ3v) is 2.64. The highest BCUT2D eigenvalue weighted by atomic mass is 16.5. The molecule has 0 aliphatic rings.